The average Bonchev–Trinajstić information content (AvgIpc) is 3.27. The van der Waals surface area contributed by atoms with Gasteiger partial charge in [-0.1, -0.05) is 30.3 Å². The van der Waals surface area contributed by atoms with Crippen LogP contribution in [0.2, 0.25) is 0 Å². The Labute approximate surface area is 227 Å². The van der Waals surface area contributed by atoms with E-state index < -0.39 is 18.2 Å². The lowest BCUT2D eigenvalue weighted by Gasteiger charge is -2.30. The van der Waals surface area contributed by atoms with Crippen LogP contribution < -0.4 is 5.32 Å². The van der Waals surface area contributed by atoms with E-state index in [1.54, 1.807) is 13.0 Å². The topological polar surface area (TPSA) is 80.7 Å². The quantitative estimate of drug-likeness (QED) is 0.170. The fraction of sp³-hybridized carbons (Fsp3) is 0.613. The van der Waals surface area contributed by atoms with Crippen molar-refractivity contribution in [3.05, 3.63) is 64.7 Å². The van der Waals surface area contributed by atoms with E-state index in [4.69, 9.17) is 9.47 Å². The number of nitrogens with one attached hydrogen (secondary N) is 1. The summed E-state index contributed by atoms with van der Waals surface area (Å²) in [5.74, 6) is -0.108. The van der Waals surface area contributed by atoms with E-state index in [0.29, 0.717) is 50.4 Å². The maximum absolute atomic E-state index is 13.9. The first kappa shape index (κ1) is 30.2. The maximum Gasteiger partial charge on any atom is 0.305 e. The molecule has 1 aliphatic carbocycles. The minimum Gasteiger partial charge on any atom is -0.466 e. The lowest BCUT2D eigenvalue weighted by molar-refractivity contribution is -0.143. The number of nitrogens with zero attached hydrogens (tertiary/aromatic N) is 1. The third-order valence-corrected chi connectivity index (χ3v) is 7.30. The zero-order chi connectivity index (χ0) is 27.5. The summed E-state index contributed by atoms with van der Waals surface area (Å²) < 4.78 is 24.8. The van der Waals surface area contributed by atoms with Gasteiger partial charge in [-0.3, -0.25) is 4.79 Å². The Balaban J connectivity index is 1.38. The van der Waals surface area contributed by atoms with Crippen LogP contribution in [0.4, 0.5) is 4.39 Å². The molecule has 1 aromatic heterocycles. The lowest BCUT2D eigenvalue weighted by atomic mass is 9.88. The highest BCUT2D eigenvalue weighted by molar-refractivity contribution is 5.69. The average molecular weight is 529 g/mol. The number of halogens is 1. The Morgan fingerprint density at radius 1 is 1.18 bits per heavy atom. The van der Waals surface area contributed by atoms with Gasteiger partial charge in [0.1, 0.15) is 0 Å². The second-order valence-corrected chi connectivity index (χ2v) is 11.2. The lowest BCUT2D eigenvalue weighted by Crippen LogP contribution is -2.42. The number of aliphatic hydroxyl groups is 1. The molecule has 0 bridgehead atoms. The van der Waals surface area contributed by atoms with Gasteiger partial charge in [-0.25, -0.2) is 4.98 Å². The molecule has 38 heavy (non-hydrogen) atoms. The molecule has 210 valence electrons. The number of aliphatic hydroxyl groups excluding tert-OH is 1. The number of fused-ring (bicyclic) bond motifs is 1. The first-order chi connectivity index (χ1) is 18.2. The van der Waals surface area contributed by atoms with Crippen LogP contribution in [0.25, 0.3) is 0 Å². The molecule has 3 rings (SSSR count). The van der Waals surface area contributed by atoms with E-state index in [1.165, 1.54) is 17.2 Å². The first-order valence-corrected chi connectivity index (χ1v) is 14.1. The zero-order valence-corrected chi connectivity index (χ0v) is 23.5. The van der Waals surface area contributed by atoms with Crippen LogP contribution in [0.1, 0.15) is 88.3 Å². The molecule has 0 amide bonds. The summed E-state index contributed by atoms with van der Waals surface area (Å²) in [7, 11) is 0. The molecule has 1 unspecified atom stereocenters. The third-order valence-electron chi connectivity index (χ3n) is 7.30. The number of carbonyl (C=O) groups excluding carboxylic acids is 1. The van der Waals surface area contributed by atoms with Gasteiger partial charge in [0.2, 0.25) is 5.95 Å². The molecule has 0 saturated heterocycles. The summed E-state index contributed by atoms with van der Waals surface area (Å²) in [5.41, 5.74) is 4.37. The van der Waals surface area contributed by atoms with Crippen LogP contribution in [0.3, 0.4) is 0 Å². The predicted molar refractivity (Wildman–Crippen MR) is 147 cm³/mol. The van der Waals surface area contributed by atoms with E-state index in [9.17, 15) is 14.3 Å². The molecule has 6 nitrogen and oxygen atoms in total. The number of aryl methyl sites for hydroxylation is 1. The van der Waals surface area contributed by atoms with Crippen molar-refractivity contribution in [1.82, 2.24) is 10.3 Å². The standard InChI is InChI=1S/C31H45FN2O4/c1-5-37-29(36)13-9-8-10-24-14-15-28(32)34-30(24)22(2)38-21-27(35)16-17-33-31(3,4)20-23-18-25-11-6-7-12-26(25)19-23/h6-7,11-12,14-15,22-23,27,33,35H,5,8-10,13,16-21H2,1-4H3/t22-,27?/m1/s1. The number of benzene rings is 1. The van der Waals surface area contributed by atoms with Crippen LogP contribution in [0.5, 0.6) is 0 Å². The predicted octanol–water partition coefficient (Wildman–Crippen LogP) is 5.50. The first-order valence-electron chi connectivity index (χ1n) is 14.1. The number of unbranched alkanes of at least 4 members (excludes halogenated alkanes) is 1. The van der Waals surface area contributed by atoms with E-state index >= 15 is 0 Å². The van der Waals surface area contributed by atoms with Crippen molar-refractivity contribution in [3.63, 3.8) is 0 Å². The van der Waals surface area contributed by atoms with Crippen molar-refractivity contribution < 1.29 is 23.8 Å². The monoisotopic (exact) mass is 528 g/mol. The van der Waals surface area contributed by atoms with Gasteiger partial charge >= 0.3 is 5.97 Å². The molecule has 2 atom stereocenters. The molecule has 0 fully saturated rings. The Hall–Kier alpha value is -2.35. The Morgan fingerprint density at radius 3 is 2.58 bits per heavy atom. The Kier molecular flexibility index (Phi) is 11.7. The SMILES string of the molecule is CCOC(=O)CCCCc1ccc(F)nc1[C@@H](C)OCC(O)CCNC(C)(C)CC1Cc2ccccc2C1. The third kappa shape index (κ3) is 9.75. The molecule has 1 heterocycles. The van der Waals surface area contributed by atoms with Gasteiger partial charge < -0.3 is 19.9 Å². The van der Waals surface area contributed by atoms with Gasteiger partial charge in [-0.2, -0.15) is 4.39 Å². The molecule has 1 aliphatic rings. The molecule has 2 N–H and O–H groups in total. The smallest absolute Gasteiger partial charge is 0.305 e. The fourth-order valence-electron chi connectivity index (χ4n) is 5.44. The molecule has 7 heteroatoms. The van der Waals surface area contributed by atoms with Crippen LogP contribution in [0, 0.1) is 11.9 Å². The summed E-state index contributed by atoms with van der Waals surface area (Å²) >= 11 is 0. The van der Waals surface area contributed by atoms with Crippen molar-refractivity contribution in [2.45, 2.75) is 96.8 Å². The highest BCUT2D eigenvalue weighted by Crippen LogP contribution is 2.32. The molecule has 0 spiro atoms. The van der Waals surface area contributed by atoms with Crippen LogP contribution >= 0.6 is 0 Å². The second-order valence-electron chi connectivity index (χ2n) is 11.2. The van der Waals surface area contributed by atoms with E-state index in [0.717, 1.165) is 31.2 Å². The molecule has 0 aliphatic heterocycles. The van der Waals surface area contributed by atoms with Gasteiger partial charge in [0, 0.05) is 12.0 Å². The van der Waals surface area contributed by atoms with Gasteiger partial charge in [0.25, 0.3) is 0 Å². The Bertz CT molecular complexity index is 1000. The van der Waals surface area contributed by atoms with Crippen molar-refractivity contribution >= 4 is 5.97 Å². The molecular formula is C31H45FN2O4. The van der Waals surface area contributed by atoms with Gasteiger partial charge in [0.15, 0.2) is 0 Å². The number of hydrogen-bond acceptors (Lipinski definition) is 6. The highest BCUT2D eigenvalue weighted by Gasteiger charge is 2.28. The number of ether oxygens (including phenoxy) is 2. The number of pyridine rings is 1. The Morgan fingerprint density at radius 2 is 1.89 bits per heavy atom. The molecular weight excluding hydrogens is 483 g/mol. The van der Waals surface area contributed by atoms with Gasteiger partial charge in [0.05, 0.1) is 31.1 Å². The van der Waals surface area contributed by atoms with Crippen molar-refractivity contribution in [2.75, 3.05) is 19.8 Å². The molecule has 1 aromatic carbocycles. The number of esters is 1. The summed E-state index contributed by atoms with van der Waals surface area (Å²) in [4.78, 5) is 15.6. The number of rotatable bonds is 16. The maximum atomic E-state index is 13.9. The van der Waals surface area contributed by atoms with E-state index in [2.05, 4.69) is 48.4 Å². The van der Waals surface area contributed by atoms with Crippen molar-refractivity contribution in [1.29, 1.82) is 0 Å². The zero-order valence-electron chi connectivity index (χ0n) is 23.5. The second kappa shape index (κ2) is 14.7. The highest BCUT2D eigenvalue weighted by atomic mass is 19.1. The summed E-state index contributed by atoms with van der Waals surface area (Å²) in [5, 5.41) is 14.1. The summed E-state index contributed by atoms with van der Waals surface area (Å²) in [6, 6.07) is 11.8. The number of hydrogen-bond donors (Lipinski definition) is 2. The van der Waals surface area contributed by atoms with E-state index in [1.807, 2.05) is 6.92 Å². The van der Waals surface area contributed by atoms with Gasteiger partial charge in [-0.05, 0) is 108 Å². The molecule has 0 radical (unpaired) electrons. The summed E-state index contributed by atoms with van der Waals surface area (Å²) in [6.07, 6.45) is 5.35. The van der Waals surface area contributed by atoms with Crippen LogP contribution in [0.15, 0.2) is 36.4 Å². The normalized spacial score (nSPS) is 15.3. The fourth-order valence-corrected chi connectivity index (χ4v) is 5.44. The number of aromatic nitrogens is 1. The van der Waals surface area contributed by atoms with Crippen LogP contribution in [-0.2, 0) is 33.5 Å². The minimum absolute atomic E-state index is 0.0196. The minimum atomic E-state index is -0.627. The van der Waals surface area contributed by atoms with Crippen LogP contribution in [-0.4, -0.2) is 47.5 Å². The van der Waals surface area contributed by atoms with E-state index in [-0.39, 0.29) is 18.1 Å². The van der Waals surface area contributed by atoms with Crippen molar-refractivity contribution in [2.24, 2.45) is 5.92 Å². The largest absolute Gasteiger partial charge is 0.466 e. The van der Waals surface area contributed by atoms with Gasteiger partial charge in [-0.15, -0.1) is 0 Å². The molecule has 0 saturated carbocycles. The van der Waals surface area contributed by atoms with Crippen molar-refractivity contribution in [3.8, 4) is 0 Å². The number of carbonyl (C=O) groups is 1. The summed E-state index contributed by atoms with van der Waals surface area (Å²) in [6.45, 7) is 9.31. The molecule has 2 aromatic rings.